The summed E-state index contributed by atoms with van der Waals surface area (Å²) in [6.07, 6.45) is 2.53. The van der Waals surface area contributed by atoms with E-state index >= 15 is 0 Å². The topological polar surface area (TPSA) is 76.9 Å². The summed E-state index contributed by atoms with van der Waals surface area (Å²) in [5, 5.41) is 7.70. The first-order chi connectivity index (χ1) is 10.4. The summed E-state index contributed by atoms with van der Waals surface area (Å²) < 4.78 is 28.9. The van der Waals surface area contributed by atoms with Crippen molar-refractivity contribution < 1.29 is 8.42 Å². The van der Waals surface area contributed by atoms with E-state index in [1.54, 1.807) is 23.0 Å². The number of hydrogen-bond donors (Lipinski definition) is 1. The molecular weight excluding hydrogens is 300 g/mol. The number of aromatic nitrogens is 3. The Labute approximate surface area is 131 Å². The summed E-state index contributed by atoms with van der Waals surface area (Å²) in [6, 6.07) is 7.02. The van der Waals surface area contributed by atoms with Crippen LogP contribution in [0.3, 0.4) is 0 Å². The van der Waals surface area contributed by atoms with Gasteiger partial charge < -0.3 is 4.57 Å². The molecule has 0 aliphatic heterocycles. The van der Waals surface area contributed by atoms with Crippen LogP contribution in [0, 0.1) is 5.92 Å². The minimum atomic E-state index is -3.54. The van der Waals surface area contributed by atoms with Crippen LogP contribution >= 0.6 is 0 Å². The van der Waals surface area contributed by atoms with Crippen LogP contribution in [0.15, 0.2) is 35.5 Å². The van der Waals surface area contributed by atoms with Crippen LogP contribution in [0.5, 0.6) is 0 Å². The lowest BCUT2D eigenvalue weighted by Gasteiger charge is -2.09. The molecule has 120 valence electrons. The van der Waals surface area contributed by atoms with Crippen LogP contribution < -0.4 is 4.72 Å². The normalized spacial score (nSPS) is 12.0. The van der Waals surface area contributed by atoms with Gasteiger partial charge in [-0.1, -0.05) is 26.0 Å². The van der Waals surface area contributed by atoms with Gasteiger partial charge in [-0.15, -0.1) is 10.2 Å². The van der Waals surface area contributed by atoms with E-state index in [0.717, 1.165) is 12.0 Å². The highest BCUT2D eigenvalue weighted by Crippen LogP contribution is 2.13. The van der Waals surface area contributed by atoms with Crippen molar-refractivity contribution in [2.75, 3.05) is 0 Å². The summed E-state index contributed by atoms with van der Waals surface area (Å²) in [7, 11) is -3.54. The zero-order valence-electron chi connectivity index (χ0n) is 13.2. The molecule has 0 aliphatic rings. The standard InChI is InChI=1S/C15H22N4O2S/c1-4-19-11-16-18-15(19)10-17-22(20,21)14-7-5-13(6-8-14)9-12(2)3/h5-8,11-12,17H,4,9-10H2,1-3H3. The van der Waals surface area contributed by atoms with Crippen molar-refractivity contribution in [1.29, 1.82) is 0 Å². The van der Waals surface area contributed by atoms with Crippen molar-refractivity contribution in [1.82, 2.24) is 19.5 Å². The quantitative estimate of drug-likeness (QED) is 0.845. The monoisotopic (exact) mass is 322 g/mol. The predicted molar refractivity (Wildman–Crippen MR) is 84.7 cm³/mol. The van der Waals surface area contributed by atoms with Gasteiger partial charge in [0, 0.05) is 6.54 Å². The Balaban J connectivity index is 2.07. The van der Waals surface area contributed by atoms with E-state index in [0.29, 0.717) is 18.3 Å². The molecule has 0 fully saturated rings. The van der Waals surface area contributed by atoms with E-state index in [1.165, 1.54) is 0 Å². The SMILES string of the molecule is CCn1cnnc1CNS(=O)(=O)c1ccc(CC(C)C)cc1. The molecule has 0 saturated heterocycles. The van der Waals surface area contributed by atoms with Gasteiger partial charge in [0.2, 0.25) is 10.0 Å². The Morgan fingerprint density at radius 1 is 1.23 bits per heavy atom. The van der Waals surface area contributed by atoms with Gasteiger partial charge in [0.25, 0.3) is 0 Å². The molecule has 2 aromatic rings. The lowest BCUT2D eigenvalue weighted by atomic mass is 10.0. The van der Waals surface area contributed by atoms with Crippen LogP contribution in [-0.2, 0) is 29.5 Å². The maximum atomic E-state index is 12.3. The molecule has 0 aliphatic carbocycles. The second-order valence-corrected chi connectivity index (χ2v) is 7.37. The molecule has 0 spiro atoms. The van der Waals surface area contributed by atoms with E-state index < -0.39 is 10.0 Å². The molecule has 1 N–H and O–H groups in total. The summed E-state index contributed by atoms with van der Waals surface area (Å²) in [6.45, 7) is 7.05. The molecule has 22 heavy (non-hydrogen) atoms. The summed E-state index contributed by atoms with van der Waals surface area (Å²) in [5.74, 6) is 1.14. The van der Waals surface area contributed by atoms with E-state index in [1.807, 2.05) is 19.1 Å². The Kier molecular flexibility index (Phi) is 5.31. The van der Waals surface area contributed by atoms with Crippen molar-refractivity contribution >= 4 is 10.0 Å². The Morgan fingerprint density at radius 3 is 2.50 bits per heavy atom. The largest absolute Gasteiger partial charge is 0.317 e. The summed E-state index contributed by atoms with van der Waals surface area (Å²) >= 11 is 0. The first kappa shape index (κ1) is 16.6. The van der Waals surface area contributed by atoms with Gasteiger partial charge in [-0.3, -0.25) is 0 Å². The smallest absolute Gasteiger partial charge is 0.240 e. The average Bonchev–Trinajstić information content (AvgIpc) is 2.92. The van der Waals surface area contributed by atoms with Crippen LogP contribution in [0.4, 0.5) is 0 Å². The van der Waals surface area contributed by atoms with Crippen LogP contribution in [-0.4, -0.2) is 23.2 Å². The molecule has 0 unspecified atom stereocenters. The highest BCUT2D eigenvalue weighted by molar-refractivity contribution is 7.89. The molecule has 0 saturated carbocycles. The minimum Gasteiger partial charge on any atom is -0.317 e. The maximum Gasteiger partial charge on any atom is 0.240 e. The Morgan fingerprint density at radius 2 is 1.91 bits per heavy atom. The van der Waals surface area contributed by atoms with Crippen LogP contribution in [0.1, 0.15) is 32.2 Å². The number of sulfonamides is 1. The number of benzene rings is 1. The highest BCUT2D eigenvalue weighted by atomic mass is 32.2. The zero-order valence-corrected chi connectivity index (χ0v) is 14.0. The zero-order chi connectivity index (χ0) is 16.2. The minimum absolute atomic E-state index is 0.129. The molecule has 0 atom stereocenters. The molecule has 0 amide bonds. The van der Waals surface area contributed by atoms with E-state index in [2.05, 4.69) is 28.8 Å². The van der Waals surface area contributed by atoms with Gasteiger partial charge in [-0.05, 0) is 37.0 Å². The molecule has 1 aromatic carbocycles. The van der Waals surface area contributed by atoms with E-state index in [-0.39, 0.29) is 11.4 Å². The van der Waals surface area contributed by atoms with Gasteiger partial charge in [0.15, 0.2) is 0 Å². The highest BCUT2D eigenvalue weighted by Gasteiger charge is 2.15. The molecule has 6 nitrogen and oxygen atoms in total. The first-order valence-electron chi connectivity index (χ1n) is 7.37. The van der Waals surface area contributed by atoms with Crippen LogP contribution in [0.25, 0.3) is 0 Å². The fourth-order valence-corrected chi connectivity index (χ4v) is 3.18. The fourth-order valence-electron chi connectivity index (χ4n) is 2.20. The average molecular weight is 322 g/mol. The number of nitrogens with zero attached hydrogens (tertiary/aromatic N) is 3. The van der Waals surface area contributed by atoms with Crippen molar-refractivity contribution in [2.24, 2.45) is 5.92 Å². The first-order valence-corrected chi connectivity index (χ1v) is 8.86. The molecule has 1 heterocycles. The summed E-state index contributed by atoms with van der Waals surface area (Å²) in [4.78, 5) is 0.266. The second kappa shape index (κ2) is 7.02. The third kappa shape index (κ3) is 4.14. The van der Waals surface area contributed by atoms with Gasteiger partial charge in [-0.2, -0.15) is 0 Å². The number of aryl methyl sites for hydroxylation is 1. The van der Waals surface area contributed by atoms with Crippen molar-refractivity contribution in [2.45, 2.75) is 45.2 Å². The number of rotatable bonds is 7. The van der Waals surface area contributed by atoms with E-state index in [4.69, 9.17) is 0 Å². The van der Waals surface area contributed by atoms with Gasteiger partial charge >= 0.3 is 0 Å². The van der Waals surface area contributed by atoms with Crippen LogP contribution in [0.2, 0.25) is 0 Å². The lowest BCUT2D eigenvalue weighted by Crippen LogP contribution is -2.25. The fraction of sp³-hybridized carbons (Fsp3) is 0.467. The third-order valence-corrected chi connectivity index (χ3v) is 4.75. The van der Waals surface area contributed by atoms with Gasteiger partial charge in [-0.25, -0.2) is 13.1 Å². The maximum absolute atomic E-state index is 12.3. The predicted octanol–water partition coefficient (Wildman–Crippen LogP) is 1.97. The lowest BCUT2D eigenvalue weighted by molar-refractivity contribution is 0.575. The van der Waals surface area contributed by atoms with Crippen molar-refractivity contribution in [3.63, 3.8) is 0 Å². The summed E-state index contributed by atoms with van der Waals surface area (Å²) in [5.41, 5.74) is 1.14. The van der Waals surface area contributed by atoms with Crippen molar-refractivity contribution in [3.05, 3.63) is 42.0 Å². The molecule has 1 aromatic heterocycles. The van der Waals surface area contributed by atoms with E-state index in [9.17, 15) is 8.42 Å². The number of hydrogen-bond acceptors (Lipinski definition) is 4. The van der Waals surface area contributed by atoms with Crippen molar-refractivity contribution in [3.8, 4) is 0 Å². The van der Waals surface area contributed by atoms with Gasteiger partial charge in [0.05, 0.1) is 11.4 Å². The second-order valence-electron chi connectivity index (χ2n) is 5.60. The molecule has 2 rings (SSSR count). The Bertz CT molecular complexity index is 705. The molecular formula is C15H22N4O2S. The Hall–Kier alpha value is -1.73. The third-order valence-electron chi connectivity index (χ3n) is 3.33. The molecule has 0 bridgehead atoms. The van der Waals surface area contributed by atoms with Gasteiger partial charge in [0.1, 0.15) is 12.2 Å². The molecule has 7 heteroatoms. The molecule has 0 radical (unpaired) electrons. The number of nitrogens with one attached hydrogen (secondary N) is 1.